The van der Waals surface area contributed by atoms with Gasteiger partial charge in [-0.2, -0.15) is 5.06 Å². The number of benzene rings is 1. The Labute approximate surface area is 203 Å². The summed E-state index contributed by atoms with van der Waals surface area (Å²) >= 11 is 0. The number of allylic oxidation sites excluding steroid dienone is 3. The van der Waals surface area contributed by atoms with Crippen LogP contribution in [0.1, 0.15) is 59.1 Å². The summed E-state index contributed by atoms with van der Waals surface area (Å²) in [6.45, 7) is 18.9. The van der Waals surface area contributed by atoms with Crippen LogP contribution in [-0.4, -0.2) is 35.4 Å². The Balaban J connectivity index is 0. The Bertz CT molecular complexity index is 756. The van der Waals surface area contributed by atoms with Gasteiger partial charge in [-0.3, -0.25) is 0 Å². The van der Waals surface area contributed by atoms with Gasteiger partial charge in [-0.25, -0.2) is 0 Å². The molecule has 1 aliphatic rings. The minimum absolute atomic E-state index is 0.0343. The lowest BCUT2D eigenvalue weighted by atomic mass is 10.1. The minimum atomic E-state index is 0.0343. The summed E-state index contributed by atoms with van der Waals surface area (Å²) in [4.78, 5) is 0. The SMILES string of the molecule is C#C.C=C(C)NC1=CNC(C)C=C1.CC.CCC(CN)N(O)C/C=C(\C)c1ccc(C)cc1. The predicted octanol–water partition coefficient (Wildman–Crippen LogP) is 5.60. The second-order valence-electron chi connectivity index (χ2n) is 7.49. The predicted molar refractivity (Wildman–Crippen MR) is 145 cm³/mol. The standard InChI is InChI=1S/C15H24N2O.C9H14N2.C2H6.C2H2/c1-4-15(11-16)17(18)10-9-13(3)14-7-5-12(2)6-8-14;1-7(2)11-9-5-4-8(3)10-6-9;2*1-2/h5-9,15,18H,4,10-11,16H2,1-3H3;4-6,8,10-11H,1H2,2-3H3;1-2H3;1-2H/b13-9+;;;. The van der Waals surface area contributed by atoms with Crippen molar-refractivity contribution in [3.05, 3.63) is 77.8 Å². The lowest BCUT2D eigenvalue weighted by Crippen LogP contribution is -2.37. The first-order valence-electron chi connectivity index (χ1n) is 11.6. The van der Waals surface area contributed by atoms with Gasteiger partial charge in [0.2, 0.25) is 0 Å². The van der Waals surface area contributed by atoms with Crippen molar-refractivity contribution in [3.63, 3.8) is 0 Å². The minimum Gasteiger partial charge on any atom is -0.383 e. The van der Waals surface area contributed by atoms with E-state index in [-0.39, 0.29) is 6.04 Å². The van der Waals surface area contributed by atoms with Crippen LogP contribution in [-0.2, 0) is 0 Å². The Morgan fingerprint density at radius 2 is 1.85 bits per heavy atom. The third kappa shape index (κ3) is 14.8. The highest BCUT2D eigenvalue weighted by atomic mass is 16.5. The van der Waals surface area contributed by atoms with E-state index in [4.69, 9.17) is 5.73 Å². The van der Waals surface area contributed by atoms with Gasteiger partial charge in [0.25, 0.3) is 0 Å². The van der Waals surface area contributed by atoms with Crippen LogP contribution in [0.25, 0.3) is 5.57 Å². The van der Waals surface area contributed by atoms with Crippen LogP contribution < -0.4 is 16.4 Å². The van der Waals surface area contributed by atoms with Gasteiger partial charge >= 0.3 is 0 Å². The number of rotatable bonds is 8. The third-order valence-electron chi connectivity index (χ3n) is 4.68. The van der Waals surface area contributed by atoms with Crippen LogP contribution in [0, 0.1) is 19.8 Å². The van der Waals surface area contributed by atoms with Gasteiger partial charge in [-0.1, -0.05) is 69.3 Å². The van der Waals surface area contributed by atoms with E-state index in [0.717, 1.165) is 17.8 Å². The van der Waals surface area contributed by atoms with Crippen molar-refractivity contribution >= 4 is 5.57 Å². The summed E-state index contributed by atoms with van der Waals surface area (Å²) in [5, 5.41) is 17.5. The largest absolute Gasteiger partial charge is 0.383 e. The van der Waals surface area contributed by atoms with Gasteiger partial charge in [0.15, 0.2) is 0 Å². The van der Waals surface area contributed by atoms with Crippen LogP contribution in [0.5, 0.6) is 0 Å². The second kappa shape index (κ2) is 19.9. The van der Waals surface area contributed by atoms with E-state index >= 15 is 0 Å². The van der Waals surface area contributed by atoms with Crippen LogP contribution in [0.3, 0.4) is 0 Å². The molecule has 2 unspecified atom stereocenters. The lowest BCUT2D eigenvalue weighted by molar-refractivity contribution is -0.115. The lowest BCUT2D eigenvalue weighted by Gasteiger charge is -2.22. The monoisotopic (exact) mass is 454 g/mol. The molecule has 0 fully saturated rings. The van der Waals surface area contributed by atoms with Crippen molar-refractivity contribution in [2.24, 2.45) is 5.73 Å². The molecule has 5 nitrogen and oxygen atoms in total. The van der Waals surface area contributed by atoms with Crippen molar-refractivity contribution in [2.75, 3.05) is 13.1 Å². The maximum absolute atomic E-state index is 9.86. The fourth-order valence-electron chi connectivity index (χ4n) is 2.71. The number of nitrogens with two attached hydrogens (primary N) is 1. The number of hydrogen-bond acceptors (Lipinski definition) is 5. The molecule has 1 aliphatic heterocycles. The fourth-order valence-corrected chi connectivity index (χ4v) is 2.71. The first-order valence-corrected chi connectivity index (χ1v) is 11.6. The smallest absolute Gasteiger partial charge is 0.0538 e. The van der Waals surface area contributed by atoms with Gasteiger partial charge in [-0.05, 0) is 51.3 Å². The summed E-state index contributed by atoms with van der Waals surface area (Å²) in [6, 6.07) is 8.86. The van der Waals surface area contributed by atoms with Crippen molar-refractivity contribution < 1.29 is 5.21 Å². The summed E-state index contributed by atoms with van der Waals surface area (Å²) in [5.74, 6) is 0. The number of terminal acetylenes is 1. The molecule has 0 radical (unpaired) electrons. The normalized spacial score (nSPS) is 15.2. The molecule has 1 aromatic carbocycles. The van der Waals surface area contributed by atoms with E-state index in [1.165, 1.54) is 21.8 Å². The molecule has 0 spiro atoms. The first-order chi connectivity index (χ1) is 15.8. The molecule has 0 saturated heterocycles. The summed E-state index contributed by atoms with van der Waals surface area (Å²) in [7, 11) is 0. The van der Waals surface area contributed by atoms with Gasteiger partial charge < -0.3 is 21.6 Å². The molecule has 0 bridgehead atoms. The molecule has 0 amide bonds. The molecule has 1 aromatic rings. The molecule has 0 aromatic heterocycles. The molecule has 33 heavy (non-hydrogen) atoms. The number of dihydropyridines is 1. The maximum Gasteiger partial charge on any atom is 0.0538 e. The van der Waals surface area contributed by atoms with Gasteiger partial charge in [0, 0.05) is 37.1 Å². The molecule has 2 atom stereocenters. The number of nitrogens with one attached hydrogen (secondary N) is 2. The molecule has 5 heteroatoms. The zero-order valence-corrected chi connectivity index (χ0v) is 21.7. The van der Waals surface area contributed by atoms with Crippen molar-refractivity contribution in [1.29, 1.82) is 0 Å². The molecule has 5 N–H and O–H groups in total. The number of hydrogen-bond donors (Lipinski definition) is 4. The highest BCUT2D eigenvalue weighted by Gasteiger charge is 2.11. The van der Waals surface area contributed by atoms with E-state index in [0.29, 0.717) is 19.1 Å². The Morgan fingerprint density at radius 3 is 2.27 bits per heavy atom. The zero-order chi connectivity index (χ0) is 25.8. The highest BCUT2D eigenvalue weighted by Crippen LogP contribution is 2.14. The fraction of sp³-hybridized carbons (Fsp3) is 0.429. The van der Waals surface area contributed by atoms with E-state index in [1.54, 1.807) is 0 Å². The number of aryl methyl sites for hydroxylation is 1. The highest BCUT2D eigenvalue weighted by molar-refractivity contribution is 5.63. The summed E-state index contributed by atoms with van der Waals surface area (Å²) in [5.41, 5.74) is 11.2. The molecule has 2 rings (SSSR count). The van der Waals surface area contributed by atoms with E-state index in [9.17, 15) is 5.21 Å². The number of hydroxylamine groups is 2. The van der Waals surface area contributed by atoms with Crippen molar-refractivity contribution in [2.45, 2.75) is 67.0 Å². The van der Waals surface area contributed by atoms with E-state index in [1.807, 2.05) is 40.0 Å². The molecular weight excluding hydrogens is 408 g/mol. The summed E-state index contributed by atoms with van der Waals surface area (Å²) in [6.07, 6.45) is 17.0. The quantitative estimate of drug-likeness (QED) is 0.304. The Hall–Kier alpha value is -2.78. The zero-order valence-electron chi connectivity index (χ0n) is 21.7. The van der Waals surface area contributed by atoms with Gasteiger partial charge in [0.1, 0.15) is 0 Å². The molecule has 1 heterocycles. The topological polar surface area (TPSA) is 73.5 Å². The Kier molecular flexibility index (Phi) is 19.5. The molecular formula is C28H46N4O. The summed E-state index contributed by atoms with van der Waals surface area (Å²) < 4.78 is 0. The third-order valence-corrected chi connectivity index (χ3v) is 4.68. The van der Waals surface area contributed by atoms with Crippen LogP contribution in [0.2, 0.25) is 0 Å². The van der Waals surface area contributed by atoms with Crippen molar-refractivity contribution in [1.82, 2.24) is 15.7 Å². The van der Waals surface area contributed by atoms with Gasteiger partial charge in [0.05, 0.1) is 5.70 Å². The Morgan fingerprint density at radius 1 is 1.27 bits per heavy atom. The molecule has 184 valence electrons. The van der Waals surface area contributed by atoms with E-state index in [2.05, 4.69) is 87.2 Å². The van der Waals surface area contributed by atoms with Crippen LogP contribution in [0.15, 0.2) is 66.7 Å². The molecule has 0 saturated carbocycles. The molecule has 0 aliphatic carbocycles. The number of nitrogens with zero attached hydrogens (tertiary/aromatic N) is 1. The van der Waals surface area contributed by atoms with Gasteiger partial charge in [-0.15, -0.1) is 12.8 Å². The maximum atomic E-state index is 9.86. The average molecular weight is 455 g/mol. The van der Waals surface area contributed by atoms with E-state index < -0.39 is 0 Å². The van der Waals surface area contributed by atoms with Crippen molar-refractivity contribution in [3.8, 4) is 12.8 Å². The first kappa shape index (κ1) is 32.4. The average Bonchev–Trinajstić information content (AvgIpc) is 2.83. The van der Waals surface area contributed by atoms with Crippen LogP contribution in [0.4, 0.5) is 0 Å². The second-order valence-corrected chi connectivity index (χ2v) is 7.49. The van der Waals surface area contributed by atoms with Crippen LogP contribution >= 0.6 is 0 Å².